The zero-order valence-electron chi connectivity index (χ0n) is 13.4. The molecule has 0 spiro atoms. The molecular weight excluding hydrogens is 313 g/mol. The Bertz CT molecular complexity index is 580. The van der Waals surface area contributed by atoms with Crippen LogP contribution in [0.15, 0.2) is 18.2 Å². The summed E-state index contributed by atoms with van der Waals surface area (Å²) in [6, 6.07) is 3.13. The minimum Gasteiger partial charge on any atom is -0.444 e. The number of Topliss-reactive ketones (excluding diaryl/α,β-unsaturated/α-hetero) is 1. The zero-order chi connectivity index (χ0) is 17.8. The molecule has 0 N–H and O–H groups in total. The number of rotatable bonds is 4. The highest BCUT2D eigenvalue weighted by Gasteiger charge is 2.32. The van der Waals surface area contributed by atoms with Crippen LogP contribution in [0, 0.1) is 0 Å². The second kappa shape index (κ2) is 6.97. The molecular formula is C15H19F3N2O3. The van der Waals surface area contributed by atoms with Crippen molar-refractivity contribution in [2.24, 2.45) is 0 Å². The van der Waals surface area contributed by atoms with Gasteiger partial charge in [0.05, 0.1) is 0 Å². The number of carbonyl (C=O) groups excluding carboxylic acids is 2. The van der Waals surface area contributed by atoms with E-state index in [4.69, 9.17) is 4.74 Å². The molecule has 5 nitrogen and oxygen atoms in total. The SMILES string of the molecule is CN(CCC(=O)c1cccc(C(F)(F)F)n1)C(=O)OC(C)(C)C. The Morgan fingerprint density at radius 3 is 2.35 bits per heavy atom. The van der Waals surface area contributed by atoms with Crippen molar-refractivity contribution < 1.29 is 27.5 Å². The molecule has 0 aliphatic rings. The van der Waals surface area contributed by atoms with Gasteiger partial charge < -0.3 is 9.64 Å². The molecule has 1 aromatic heterocycles. The van der Waals surface area contributed by atoms with E-state index in [1.165, 1.54) is 18.0 Å². The molecule has 0 aromatic carbocycles. The monoisotopic (exact) mass is 332 g/mol. The van der Waals surface area contributed by atoms with E-state index in [0.29, 0.717) is 0 Å². The fraction of sp³-hybridized carbons (Fsp3) is 0.533. The number of hydrogen-bond acceptors (Lipinski definition) is 4. The molecule has 1 rings (SSSR count). The van der Waals surface area contributed by atoms with Crippen LogP contribution in [0.4, 0.5) is 18.0 Å². The first-order chi connectivity index (χ1) is 10.4. The van der Waals surface area contributed by atoms with Crippen molar-refractivity contribution in [1.29, 1.82) is 0 Å². The maximum absolute atomic E-state index is 12.6. The molecule has 8 heteroatoms. The van der Waals surface area contributed by atoms with Gasteiger partial charge in [-0.1, -0.05) is 6.07 Å². The summed E-state index contributed by atoms with van der Waals surface area (Å²) in [5, 5.41) is 0. The number of nitrogens with zero attached hydrogens (tertiary/aromatic N) is 2. The molecule has 0 unspecified atom stereocenters. The molecule has 0 atom stereocenters. The summed E-state index contributed by atoms with van der Waals surface area (Å²) in [6.45, 7) is 5.13. The van der Waals surface area contributed by atoms with Gasteiger partial charge in [-0.05, 0) is 32.9 Å². The van der Waals surface area contributed by atoms with E-state index in [1.54, 1.807) is 20.8 Å². The van der Waals surface area contributed by atoms with Crippen LogP contribution in [-0.2, 0) is 10.9 Å². The molecule has 23 heavy (non-hydrogen) atoms. The Labute approximate surface area is 132 Å². The fourth-order valence-electron chi connectivity index (χ4n) is 1.58. The van der Waals surface area contributed by atoms with E-state index in [-0.39, 0.29) is 18.7 Å². The van der Waals surface area contributed by atoms with Gasteiger partial charge in [-0.25, -0.2) is 9.78 Å². The van der Waals surface area contributed by atoms with Gasteiger partial charge in [-0.15, -0.1) is 0 Å². The smallest absolute Gasteiger partial charge is 0.433 e. The highest BCUT2D eigenvalue weighted by atomic mass is 19.4. The number of carbonyl (C=O) groups is 2. The van der Waals surface area contributed by atoms with Gasteiger partial charge in [0.1, 0.15) is 17.0 Å². The van der Waals surface area contributed by atoms with Crippen LogP contribution in [0.2, 0.25) is 0 Å². The van der Waals surface area contributed by atoms with Crippen LogP contribution >= 0.6 is 0 Å². The van der Waals surface area contributed by atoms with E-state index in [0.717, 1.165) is 12.1 Å². The van der Waals surface area contributed by atoms with Crippen LogP contribution in [-0.4, -0.2) is 41.0 Å². The number of ketones is 1. The van der Waals surface area contributed by atoms with Crippen LogP contribution in [0.3, 0.4) is 0 Å². The van der Waals surface area contributed by atoms with E-state index in [1.807, 2.05) is 0 Å². The summed E-state index contributed by atoms with van der Waals surface area (Å²) in [4.78, 5) is 28.2. The predicted molar refractivity (Wildman–Crippen MR) is 77.1 cm³/mol. The standard InChI is InChI=1S/C15H19F3N2O3/c1-14(2,3)23-13(22)20(4)9-8-11(21)10-6-5-7-12(19-10)15(16,17)18/h5-7H,8-9H2,1-4H3. The lowest BCUT2D eigenvalue weighted by Crippen LogP contribution is -2.35. The number of alkyl halides is 3. The van der Waals surface area contributed by atoms with Crippen molar-refractivity contribution in [3.8, 4) is 0 Å². The number of amides is 1. The molecule has 1 heterocycles. The summed E-state index contributed by atoms with van der Waals surface area (Å²) in [5.41, 5.74) is -2.07. The molecule has 1 aromatic rings. The van der Waals surface area contributed by atoms with Crippen molar-refractivity contribution in [3.63, 3.8) is 0 Å². The number of hydrogen-bond donors (Lipinski definition) is 0. The van der Waals surface area contributed by atoms with Crippen molar-refractivity contribution in [2.75, 3.05) is 13.6 Å². The maximum Gasteiger partial charge on any atom is 0.433 e. The summed E-state index contributed by atoms with van der Waals surface area (Å²) >= 11 is 0. The molecule has 0 bridgehead atoms. The van der Waals surface area contributed by atoms with Gasteiger partial charge in [-0.3, -0.25) is 4.79 Å². The summed E-state index contributed by atoms with van der Waals surface area (Å²) in [5.74, 6) is -0.577. The minimum atomic E-state index is -4.61. The molecule has 0 saturated heterocycles. The fourth-order valence-corrected chi connectivity index (χ4v) is 1.58. The first kappa shape index (κ1) is 18.9. The first-order valence-electron chi connectivity index (χ1n) is 6.92. The largest absolute Gasteiger partial charge is 0.444 e. The normalized spacial score (nSPS) is 12.0. The third kappa shape index (κ3) is 6.25. The van der Waals surface area contributed by atoms with Gasteiger partial charge in [0.15, 0.2) is 5.78 Å². The number of halogens is 3. The van der Waals surface area contributed by atoms with Crippen molar-refractivity contribution in [3.05, 3.63) is 29.6 Å². The molecule has 0 aliphatic carbocycles. The first-order valence-corrected chi connectivity index (χ1v) is 6.92. The van der Waals surface area contributed by atoms with E-state index < -0.39 is 29.3 Å². The maximum atomic E-state index is 12.6. The molecule has 128 valence electrons. The predicted octanol–water partition coefficient (Wildman–Crippen LogP) is 3.54. The second-order valence-corrected chi connectivity index (χ2v) is 5.98. The Morgan fingerprint density at radius 1 is 1.22 bits per heavy atom. The third-order valence-corrected chi connectivity index (χ3v) is 2.70. The number of aromatic nitrogens is 1. The number of pyridine rings is 1. The van der Waals surface area contributed by atoms with E-state index in [2.05, 4.69) is 4.98 Å². The van der Waals surface area contributed by atoms with Crippen molar-refractivity contribution in [2.45, 2.75) is 39.0 Å². The molecule has 0 radical (unpaired) electrons. The minimum absolute atomic E-state index is 0.0195. The third-order valence-electron chi connectivity index (χ3n) is 2.70. The quantitative estimate of drug-likeness (QED) is 0.791. The van der Waals surface area contributed by atoms with Gasteiger partial charge in [0, 0.05) is 20.0 Å². The lowest BCUT2D eigenvalue weighted by Gasteiger charge is -2.24. The van der Waals surface area contributed by atoms with Gasteiger partial charge in [-0.2, -0.15) is 13.2 Å². The van der Waals surface area contributed by atoms with Gasteiger partial charge in [0.2, 0.25) is 0 Å². The van der Waals surface area contributed by atoms with Gasteiger partial charge in [0.25, 0.3) is 0 Å². The van der Waals surface area contributed by atoms with Gasteiger partial charge >= 0.3 is 12.3 Å². The van der Waals surface area contributed by atoms with Crippen LogP contribution in [0.1, 0.15) is 43.4 Å². The zero-order valence-corrected chi connectivity index (χ0v) is 13.4. The Hall–Kier alpha value is -2.12. The average Bonchev–Trinajstić information content (AvgIpc) is 2.41. The van der Waals surface area contributed by atoms with E-state index in [9.17, 15) is 22.8 Å². The lowest BCUT2D eigenvalue weighted by atomic mass is 10.1. The van der Waals surface area contributed by atoms with Crippen molar-refractivity contribution in [1.82, 2.24) is 9.88 Å². The Balaban J connectivity index is 2.65. The molecule has 0 fully saturated rings. The van der Waals surface area contributed by atoms with Crippen LogP contribution < -0.4 is 0 Å². The topological polar surface area (TPSA) is 59.5 Å². The van der Waals surface area contributed by atoms with E-state index >= 15 is 0 Å². The molecule has 0 aliphatic heterocycles. The molecule has 1 amide bonds. The second-order valence-electron chi connectivity index (χ2n) is 5.98. The summed E-state index contributed by atoms with van der Waals surface area (Å²) in [7, 11) is 1.45. The highest BCUT2D eigenvalue weighted by Crippen LogP contribution is 2.27. The Kier molecular flexibility index (Phi) is 5.74. The van der Waals surface area contributed by atoms with Crippen LogP contribution in [0.5, 0.6) is 0 Å². The number of ether oxygens (including phenoxy) is 1. The van der Waals surface area contributed by atoms with Crippen molar-refractivity contribution >= 4 is 11.9 Å². The average molecular weight is 332 g/mol. The molecule has 0 saturated carbocycles. The summed E-state index contributed by atoms with van der Waals surface area (Å²) < 4.78 is 42.8. The van der Waals surface area contributed by atoms with Crippen LogP contribution in [0.25, 0.3) is 0 Å². The summed E-state index contributed by atoms with van der Waals surface area (Å²) in [6.07, 6.45) is -5.37. The highest BCUT2D eigenvalue weighted by molar-refractivity contribution is 5.94. The Morgan fingerprint density at radius 2 is 1.83 bits per heavy atom. The lowest BCUT2D eigenvalue weighted by molar-refractivity contribution is -0.141.